The van der Waals surface area contributed by atoms with E-state index in [-0.39, 0.29) is 19.1 Å². The highest BCUT2D eigenvalue weighted by Gasteiger charge is 2.13. The highest BCUT2D eigenvalue weighted by atomic mass is 16.6. The summed E-state index contributed by atoms with van der Waals surface area (Å²) in [5.74, 6) is 1.60. The van der Waals surface area contributed by atoms with Crippen LogP contribution in [0.15, 0.2) is 47.0 Å². The Bertz CT molecular complexity index is 964. The standard InChI is InChI=1S/C22H24N2O5/c1-14(2)16-6-8-17(9-7-16)22-23-20(29-24-22)12-28-21(25)13-27-18-10-5-15(3)11-19(18)26-4/h5-11,14H,12-13H2,1-4H3. The minimum atomic E-state index is -0.548. The van der Waals surface area contributed by atoms with E-state index in [0.717, 1.165) is 11.1 Å². The maximum absolute atomic E-state index is 12.0. The number of carbonyl (C=O) groups is 1. The van der Waals surface area contributed by atoms with Gasteiger partial charge in [0.25, 0.3) is 5.89 Å². The smallest absolute Gasteiger partial charge is 0.344 e. The topological polar surface area (TPSA) is 83.7 Å². The van der Waals surface area contributed by atoms with Crippen LogP contribution in [-0.4, -0.2) is 29.8 Å². The van der Waals surface area contributed by atoms with Gasteiger partial charge in [0, 0.05) is 5.56 Å². The molecule has 7 heteroatoms. The van der Waals surface area contributed by atoms with Crippen molar-refractivity contribution in [3.8, 4) is 22.9 Å². The Balaban J connectivity index is 1.52. The van der Waals surface area contributed by atoms with Crippen molar-refractivity contribution in [3.05, 3.63) is 59.5 Å². The minimum Gasteiger partial charge on any atom is -0.493 e. The van der Waals surface area contributed by atoms with E-state index < -0.39 is 5.97 Å². The van der Waals surface area contributed by atoms with Gasteiger partial charge in [0.1, 0.15) is 0 Å². The van der Waals surface area contributed by atoms with Crippen molar-refractivity contribution in [1.82, 2.24) is 10.1 Å². The molecule has 0 atom stereocenters. The summed E-state index contributed by atoms with van der Waals surface area (Å²) in [6, 6.07) is 13.4. The second kappa shape index (κ2) is 9.23. The van der Waals surface area contributed by atoms with Crippen LogP contribution in [0.1, 0.15) is 36.8 Å². The molecule has 0 radical (unpaired) electrons. The van der Waals surface area contributed by atoms with Gasteiger partial charge < -0.3 is 18.7 Å². The van der Waals surface area contributed by atoms with Crippen LogP contribution < -0.4 is 9.47 Å². The van der Waals surface area contributed by atoms with Gasteiger partial charge in [0.15, 0.2) is 24.7 Å². The van der Waals surface area contributed by atoms with Gasteiger partial charge in [-0.1, -0.05) is 49.3 Å². The summed E-state index contributed by atoms with van der Waals surface area (Å²) in [5, 5.41) is 3.94. The minimum absolute atomic E-state index is 0.121. The molecule has 29 heavy (non-hydrogen) atoms. The Morgan fingerprint density at radius 3 is 2.55 bits per heavy atom. The highest BCUT2D eigenvalue weighted by molar-refractivity contribution is 5.71. The van der Waals surface area contributed by atoms with E-state index >= 15 is 0 Å². The molecule has 0 bridgehead atoms. The van der Waals surface area contributed by atoms with Crippen LogP contribution in [0.2, 0.25) is 0 Å². The molecule has 0 saturated heterocycles. The van der Waals surface area contributed by atoms with E-state index in [2.05, 4.69) is 24.0 Å². The quantitative estimate of drug-likeness (QED) is 0.525. The molecule has 0 saturated carbocycles. The molecule has 0 aliphatic carbocycles. The third-order valence-electron chi connectivity index (χ3n) is 4.32. The third kappa shape index (κ3) is 5.34. The van der Waals surface area contributed by atoms with Crippen LogP contribution in [-0.2, 0) is 16.1 Å². The number of aryl methyl sites for hydroxylation is 1. The van der Waals surface area contributed by atoms with E-state index in [0.29, 0.717) is 23.2 Å². The molecule has 2 aromatic carbocycles. The molecule has 0 aliphatic heterocycles. The lowest BCUT2D eigenvalue weighted by molar-refractivity contribution is -0.148. The largest absolute Gasteiger partial charge is 0.493 e. The SMILES string of the molecule is COc1cc(C)ccc1OCC(=O)OCc1nc(-c2ccc(C(C)C)cc2)no1. The normalized spacial score (nSPS) is 10.8. The summed E-state index contributed by atoms with van der Waals surface area (Å²) in [6.45, 7) is 5.84. The number of carbonyl (C=O) groups excluding carboxylic acids is 1. The van der Waals surface area contributed by atoms with Crippen molar-refractivity contribution in [3.63, 3.8) is 0 Å². The molecule has 0 unspecified atom stereocenters. The lowest BCUT2D eigenvalue weighted by atomic mass is 10.0. The second-order valence-electron chi connectivity index (χ2n) is 6.89. The molecule has 3 aromatic rings. The predicted molar refractivity (Wildman–Crippen MR) is 107 cm³/mol. The summed E-state index contributed by atoms with van der Waals surface area (Å²) in [7, 11) is 1.55. The first-order valence-corrected chi connectivity index (χ1v) is 9.32. The predicted octanol–water partition coefficient (Wildman–Crippen LogP) is 4.30. The van der Waals surface area contributed by atoms with E-state index in [1.54, 1.807) is 13.2 Å². The number of nitrogens with zero attached hydrogens (tertiary/aromatic N) is 2. The van der Waals surface area contributed by atoms with Gasteiger partial charge in [-0.15, -0.1) is 0 Å². The fourth-order valence-electron chi connectivity index (χ4n) is 2.66. The molecule has 0 fully saturated rings. The first kappa shape index (κ1) is 20.4. The zero-order valence-electron chi connectivity index (χ0n) is 17.0. The summed E-state index contributed by atoms with van der Waals surface area (Å²) < 4.78 is 21.0. The Hall–Kier alpha value is -3.35. The van der Waals surface area contributed by atoms with Crippen LogP contribution in [0.3, 0.4) is 0 Å². The number of ether oxygens (including phenoxy) is 3. The van der Waals surface area contributed by atoms with Crippen molar-refractivity contribution in [1.29, 1.82) is 0 Å². The molecule has 152 valence electrons. The zero-order chi connectivity index (χ0) is 20.8. The molecule has 3 rings (SSSR count). The molecule has 0 spiro atoms. The fourth-order valence-corrected chi connectivity index (χ4v) is 2.66. The van der Waals surface area contributed by atoms with Crippen LogP contribution >= 0.6 is 0 Å². The number of aromatic nitrogens is 2. The van der Waals surface area contributed by atoms with Crippen molar-refractivity contribution in [2.45, 2.75) is 33.3 Å². The van der Waals surface area contributed by atoms with Gasteiger partial charge in [-0.25, -0.2) is 4.79 Å². The second-order valence-corrected chi connectivity index (χ2v) is 6.89. The van der Waals surface area contributed by atoms with Crippen LogP contribution in [0.4, 0.5) is 0 Å². The lowest BCUT2D eigenvalue weighted by Crippen LogP contribution is -2.15. The average Bonchev–Trinajstić information content (AvgIpc) is 3.20. The number of benzene rings is 2. The molecule has 1 aromatic heterocycles. The summed E-state index contributed by atoms with van der Waals surface area (Å²) >= 11 is 0. The lowest BCUT2D eigenvalue weighted by Gasteiger charge is -2.10. The molecule has 7 nitrogen and oxygen atoms in total. The maximum atomic E-state index is 12.0. The number of hydrogen-bond acceptors (Lipinski definition) is 7. The zero-order valence-corrected chi connectivity index (χ0v) is 17.0. The first-order chi connectivity index (χ1) is 14.0. The number of hydrogen-bond donors (Lipinski definition) is 0. The number of methoxy groups -OCH3 is 1. The Morgan fingerprint density at radius 2 is 1.86 bits per heavy atom. The fraction of sp³-hybridized carbons (Fsp3) is 0.318. The molecule has 0 amide bonds. The van der Waals surface area contributed by atoms with Crippen molar-refractivity contribution < 1.29 is 23.5 Å². The van der Waals surface area contributed by atoms with E-state index in [1.165, 1.54) is 5.56 Å². The van der Waals surface area contributed by atoms with Gasteiger partial charge >= 0.3 is 5.97 Å². The van der Waals surface area contributed by atoms with E-state index in [1.807, 2.05) is 43.3 Å². The van der Waals surface area contributed by atoms with Gasteiger partial charge in [-0.2, -0.15) is 4.98 Å². The highest BCUT2D eigenvalue weighted by Crippen LogP contribution is 2.27. The monoisotopic (exact) mass is 396 g/mol. The molecular formula is C22H24N2O5. The van der Waals surface area contributed by atoms with Gasteiger partial charge in [-0.05, 0) is 36.1 Å². The molecule has 0 aliphatic rings. The summed E-state index contributed by atoms with van der Waals surface area (Å²) in [4.78, 5) is 16.2. The van der Waals surface area contributed by atoms with E-state index in [9.17, 15) is 4.79 Å². The number of esters is 1. The first-order valence-electron chi connectivity index (χ1n) is 9.32. The van der Waals surface area contributed by atoms with Gasteiger partial charge in [-0.3, -0.25) is 0 Å². The number of rotatable bonds is 8. The Morgan fingerprint density at radius 1 is 1.10 bits per heavy atom. The molecular weight excluding hydrogens is 372 g/mol. The Labute approximate surface area is 169 Å². The van der Waals surface area contributed by atoms with Crippen LogP contribution in [0, 0.1) is 6.92 Å². The molecule has 0 N–H and O–H groups in total. The maximum Gasteiger partial charge on any atom is 0.344 e. The van der Waals surface area contributed by atoms with Crippen molar-refractivity contribution in [2.75, 3.05) is 13.7 Å². The van der Waals surface area contributed by atoms with E-state index in [4.69, 9.17) is 18.7 Å². The van der Waals surface area contributed by atoms with Gasteiger partial charge in [0.2, 0.25) is 5.82 Å². The molecule has 1 heterocycles. The van der Waals surface area contributed by atoms with Crippen LogP contribution in [0.25, 0.3) is 11.4 Å². The van der Waals surface area contributed by atoms with Crippen LogP contribution in [0.5, 0.6) is 11.5 Å². The van der Waals surface area contributed by atoms with Gasteiger partial charge in [0.05, 0.1) is 7.11 Å². The van der Waals surface area contributed by atoms with Crippen molar-refractivity contribution in [2.24, 2.45) is 0 Å². The Kier molecular flexibility index (Phi) is 6.49. The van der Waals surface area contributed by atoms with Crippen molar-refractivity contribution >= 4 is 5.97 Å². The summed E-state index contributed by atoms with van der Waals surface area (Å²) in [6.07, 6.45) is 0. The summed E-state index contributed by atoms with van der Waals surface area (Å²) in [5.41, 5.74) is 3.10. The average molecular weight is 396 g/mol. The third-order valence-corrected chi connectivity index (χ3v) is 4.32.